The minimum atomic E-state index is -0.344. The van der Waals surface area contributed by atoms with Gasteiger partial charge in [-0.1, -0.05) is 12.1 Å². The molecule has 0 saturated heterocycles. The molecule has 0 atom stereocenters. The van der Waals surface area contributed by atoms with Crippen LogP contribution in [0.2, 0.25) is 0 Å². The number of rotatable bonds is 4. The zero-order valence-electron chi connectivity index (χ0n) is 9.34. The number of benzene rings is 1. The van der Waals surface area contributed by atoms with Crippen LogP contribution in [-0.2, 0) is 6.54 Å². The highest BCUT2D eigenvalue weighted by Crippen LogP contribution is 2.20. The summed E-state index contributed by atoms with van der Waals surface area (Å²) in [5, 5.41) is 18.0. The van der Waals surface area contributed by atoms with E-state index in [-0.39, 0.29) is 10.6 Å². The van der Waals surface area contributed by atoms with Crippen LogP contribution >= 0.6 is 11.3 Å². The average molecular weight is 248 g/mol. The third kappa shape index (κ3) is 2.82. The molecule has 0 aliphatic carbocycles. The summed E-state index contributed by atoms with van der Waals surface area (Å²) >= 11 is 1.61. The van der Waals surface area contributed by atoms with Gasteiger partial charge < -0.3 is 5.32 Å². The number of nitro groups is 1. The summed E-state index contributed by atoms with van der Waals surface area (Å²) in [5.74, 6) is 0. The van der Waals surface area contributed by atoms with Crippen molar-refractivity contribution in [3.8, 4) is 0 Å². The molecule has 0 aliphatic heterocycles. The number of nitrogens with zero attached hydrogens (tertiary/aromatic N) is 1. The Morgan fingerprint density at radius 3 is 2.88 bits per heavy atom. The quantitative estimate of drug-likeness (QED) is 0.664. The highest BCUT2D eigenvalue weighted by molar-refractivity contribution is 7.08. The first-order valence-corrected chi connectivity index (χ1v) is 6.11. The standard InChI is InChI=1S/C12H12N2O2S/c1-9-2-3-10(6-12(9)14(15)16)7-13-11-4-5-17-8-11/h2-6,8,13H,7H2,1H3. The maximum Gasteiger partial charge on any atom is 0.272 e. The van der Waals surface area contributed by atoms with E-state index in [1.165, 1.54) is 0 Å². The molecule has 1 N–H and O–H groups in total. The summed E-state index contributed by atoms with van der Waals surface area (Å²) in [7, 11) is 0. The van der Waals surface area contributed by atoms with Crippen LogP contribution < -0.4 is 5.32 Å². The van der Waals surface area contributed by atoms with Gasteiger partial charge >= 0.3 is 0 Å². The fourth-order valence-electron chi connectivity index (χ4n) is 1.53. The Balaban J connectivity index is 2.11. The zero-order valence-corrected chi connectivity index (χ0v) is 10.2. The summed E-state index contributed by atoms with van der Waals surface area (Å²) in [4.78, 5) is 10.4. The Kier molecular flexibility index (Phi) is 3.39. The first kappa shape index (κ1) is 11.6. The van der Waals surface area contributed by atoms with Gasteiger partial charge in [0.25, 0.3) is 5.69 Å². The lowest BCUT2D eigenvalue weighted by Gasteiger charge is -2.05. The van der Waals surface area contributed by atoms with Gasteiger partial charge in [0.2, 0.25) is 0 Å². The fourth-order valence-corrected chi connectivity index (χ4v) is 2.14. The molecule has 17 heavy (non-hydrogen) atoms. The Morgan fingerprint density at radius 1 is 1.41 bits per heavy atom. The van der Waals surface area contributed by atoms with Gasteiger partial charge in [-0.25, -0.2) is 0 Å². The normalized spacial score (nSPS) is 10.2. The highest BCUT2D eigenvalue weighted by atomic mass is 32.1. The van der Waals surface area contributed by atoms with Gasteiger partial charge in [-0.05, 0) is 23.9 Å². The second kappa shape index (κ2) is 4.97. The van der Waals surface area contributed by atoms with Crippen LogP contribution in [0.15, 0.2) is 35.0 Å². The molecule has 0 fully saturated rings. The maximum atomic E-state index is 10.8. The summed E-state index contributed by atoms with van der Waals surface area (Å²) in [5.41, 5.74) is 2.82. The number of nitrogens with one attached hydrogen (secondary N) is 1. The molecule has 1 aromatic heterocycles. The molecule has 5 heteroatoms. The van der Waals surface area contributed by atoms with E-state index >= 15 is 0 Å². The van der Waals surface area contributed by atoms with Crippen LogP contribution in [0.4, 0.5) is 11.4 Å². The predicted molar refractivity (Wildman–Crippen MR) is 69.5 cm³/mol. The van der Waals surface area contributed by atoms with Gasteiger partial charge in [-0.3, -0.25) is 10.1 Å². The second-order valence-corrected chi connectivity index (χ2v) is 4.52. The molecule has 88 valence electrons. The third-order valence-corrected chi connectivity index (χ3v) is 3.17. The van der Waals surface area contributed by atoms with Gasteiger partial charge in [0.1, 0.15) is 0 Å². The van der Waals surface area contributed by atoms with Crippen molar-refractivity contribution in [2.24, 2.45) is 0 Å². The van der Waals surface area contributed by atoms with E-state index < -0.39 is 0 Å². The lowest BCUT2D eigenvalue weighted by atomic mass is 10.1. The number of nitro benzene ring substituents is 1. The first-order chi connectivity index (χ1) is 8.16. The number of anilines is 1. The summed E-state index contributed by atoms with van der Waals surface area (Å²) in [6, 6.07) is 7.28. The smallest absolute Gasteiger partial charge is 0.272 e. The Morgan fingerprint density at radius 2 is 2.24 bits per heavy atom. The molecule has 1 heterocycles. The van der Waals surface area contributed by atoms with Gasteiger partial charge in [0.05, 0.1) is 4.92 Å². The van der Waals surface area contributed by atoms with E-state index in [4.69, 9.17) is 0 Å². The van der Waals surface area contributed by atoms with Gasteiger partial charge in [-0.2, -0.15) is 11.3 Å². The molecule has 0 saturated carbocycles. The van der Waals surface area contributed by atoms with Crippen LogP contribution in [0.25, 0.3) is 0 Å². The molecule has 4 nitrogen and oxygen atoms in total. The van der Waals surface area contributed by atoms with Gasteiger partial charge in [0, 0.05) is 29.2 Å². The second-order valence-electron chi connectivity index (χ2n) is 3.74. The van der Waals surface area contributed by atoms with Crippen LogP contribution in [0.1, 0.15) is 11.1 Å². The number of hydrogen-bond acceptors (Lipinski definition) is 4. The molecule has 2 aromatic rings. The minimum Gasteiger partial charge on any atom is -0.380 e. The van der Waals surface area contributed by atoms with E-state index in [1.807, 2.05) is 22.9 Å². The molecule has 0 radical (unpaired) electrons. The number of aryl methyl sites for hydroxylation is 1. The largest absolute Gasteiger partial charge is 0.380 e. The summed E-state index contributed by atoms with van der Waals surface area (Å²) in [6.45, 7) is 2.34. The van der Waals surface area contributed by atoms with Crippen molar-refractivity contribution >= 4 is 22.7 Å². The molecule has 0 amide bonds. The topological polar surface area (TPSA) is 55.2 Å². The molecule has 1 aromatic carbocycles. The minimum absolute atomic E-state index is 0.176. The van der Waals surface area contributed by atoms with E-state index in [1.54, 1.807) is 30.4 Å². The molecule has 0 aliphatic rings. The average Bonchev–Trinajstić information content (AvgIpc) is 2.80. The van der Waals surface area contributed by atoms with E-state index in [0.717, 1.165) is 11.3 Å². The first-order valence-electron chi connectivity index (χ1n) is 5.17. The highest BCUT2D eigenvalue weighted by Gasteiger charge is 2.10. The van der Waals surface area contributed by atoms with Crippen molar-refractivity contribution in [2.75, 3.05) is 5.32 Å². The van der Waals surface area contributed by atoms with Crippen molar-refractivity contribution in [1.82, 2.24) is 0 Å². The SMILES string of the molecule is Cc1ccc(CNc2ccsc2)cc1[N+](=O)[O-]. The Labute approximate surface area is 103 Å². The number of thiophene rings is 1. The molecular weight excluding hydrogens is 236 g/mol. The molecule has 0 bridgehead atoms. The van der Waals surface area contributed by atoms with Crippen LogP contribution in [0, 0.1) is 17.0 Å². The van der Waals surface area contributed by atoms with Crippen LogP contribution in [0.3, 0.4) is 0 Å². The molecule has 2 rings (SSSR count). The van der Waals surface area contributed by atoms with E-state index in [2.05, 4.69) is 5.32 Å². The third-order valence-electron chi connectivity index (χ3n) is 2.49. The van der Waals surface area contributed by atoms with Crippen molar-refractivity contribution in [2.45, 2.75) is 13.5 Å². The van der Waals surface area contributed by atoms with Crippen molar-refractivity contribution in [1.29, 1.82) is 0 Å². The summed E-state index contributed by atoms with van der Waals surface area (Å²) in [6.07, 6.45) is 0. The summed E-state index contributed by atoms with van der Waals surface area (Å²) < 4.78 is 0. The lowest BCUT2D eigenvalue weighted by Crippen LogP contribution is -2.00. The van der Waals surface area contributed by atoms with Crippen molar-refractivity contribution < 1.29 is 4.92 Å². The van der Waals surface area contributed by atoms with Gasteiger partial charge in [-0.15, -0.1) is 0 Å². The molecule has 0 unspecified atom stereocenters. The zero-order chi connectivity index (χ0) is 12.3. The Bertz CT molecular complexity index is 523. The van der Waals surface area contributed by atoms with E-state index in [9.17, 15) is 10.1 Å². The monoisotopic (exact) mass is 248 g/mol. The lowest BCUT2D eigenvalue weighted by molar-refractivity contribution is -0.385. The van der Waals surface area contributed by atoms with Crippen LogP contribution in [-0.4, -0.2) is 4.92 Å². The van der Waals surface area contributed by atoms with Gasteiger partial charge in [0.15, 0.2) is 0 Å². The Hall–Kier alpha value is -1.88. The maximum absolute atomic E-state index is 10.8. The molecule has 0 spiro atoms. The van der Waals surface area contributed by atoms with E-state index in [0.29, 0.717) is 12.1 Å². The number of hydrogen-bond donors (Lipinski definition) is 1. The fraction of sp³-hybridized carbons (Fsp3) is 0.167. The predicted octanol–water partition coefficient (Wildman–Crippen LogP) is 3.58. The van der Waals surface area contributed by atoms with Crippen molar-refractivity contribution in [3.05, 3.63) is 56.3 Å². The molecular formula is C12H12N2O2S. The van der Waals surface area contributed by atoms with Crippen molar-refractivity contribution in [3.63, 3.8) is 0 Å². The van der Waals surface area contributed by atoms with Crippen LogP contribution in [0.5, 0.6) is 0 Å².